The molecule has 112 valence electrons. The molecule has 0 saturated heterocycles. The zero-order valence-corrected chi connectivity index (χ0v) is 12.1. The summed E-state index contributed by atoms with van der Waals surface area (Å²) in [5.74, 6) is 1.51. The van der Waals surface area contributed by atoms with Crippen molar-refractivity contribution in [2.45, 2.75) is 26.2 Å². The molecular weight excluding hydrogens is 258 g/mol. The van der Waals surface area contributed by atoms with Crippen molar-refractivity contribution < 1.29 is 13.9 Å². The van der Waals surface area contributed by atoms with Crippen LogP contribution in [0.1, 0.15) is 25.5 Å². The highest BCUT2D eigenvalue weighted by molar-refractivity contribution is 5.79. The van der Waals surface area contributed by atoms with Crippen molar-refractivity contribution in [3.8, 4) is 0 Å². The number of rotatable bonds is 8. The quantitative estimate of drug-likeness (QED) is 0.325. The molecule has 2 N–H and O–H groups in total. The van der Waals surface area contributed by atoms with Gasteiger partial charge in [0.05, 0.1) is 12.9 Å². The van der Waals surface area contributed by atoms with Crippen LogP contribution < -0.4 is 10.6 Å². The third-order valence-electron chi connectivity index (χ3n) is 2.62. The lowest BCUT2D eigenvalue weighted by Crippen LogP contribution is -2.38. The van der Waals surface area contributed by atoms with Crippen LogP contribution in [-0.4, -0.2) is 38.7 Å². The second kappa shape index (κ2) is 9.89. The maximum absolute atomic E-state index is 11.2. The van der Waals surface area contributed by atoms with E-state index in [0.717, 1.165) is 31.1 Å². The molecule has 6 heteroatoms. The molecule has 0 saturated carbocycles. The highest BCUT2D eigenvalue weighted by atomic mass is 16.5. The minimum Gasteiger partial charge on any atom is -0.469 e. The fraction of sp³-hybridized carbons (Fsp3) is 0.571. The molecule has 0 amide bonds. The van der Waals surface area contributed by atoms with E-state index in [4.69, 9.17) is 9.15 Å². The van der Waals surface area contributed by atoms with E-state index in [9.17, 15) is 4.79 Å². The Morgan fingerprint density at radius 2 is 2.20 bits per heavy atom. The van der Waals surface area contributed by atoms with Crippen LogP contribution in [-0.2, 0) is 16.0 Å². The molecule has 0 aliphatic heterocycles. The largest absolute Gasteiger partial charge is 0.469 e. The van der Waals surface area contributed by atoms with Crippen LogP contribution >= 0.6 is 0 Å². The molecule has 0 spiro atoms. The smallest absolute Gasteiger partial charge is 0.305 e. The molecule has 0 atom stereocenters. The van der Waals surface area contributed by atoms with Gasteiger partial charge in [0.2, 0.25) is 0 Å². The third-order valence-corrected chi connectivity index (χ3v) is 2.62. The SMILES string of the molecule is CCOC(=O)CCCNC(=NC)NCCc1ccco1. The van der Waals surface area contributed by atoms with Crippen LogP contribution in [0, 0.1) is 0 Å². The van der Waals surface area contributed by atoms with Crippen molar-refractivity contribution >= 4 is 11.9 Å². The van der Waals surface area contributed by atoms with E-state index >= 15 is 0 Å². The fourth-order valence-corrected chi connectivity index (χ4v) is 1.65. The van der Waals surface area contributed by atoms with Gasteiger partial charge in [-0.2, -0.15) is 0 Å². The predicted molar refractivity (Wildman–Crippen MR) is 77.6 cm³/mol. The molecule has 1 aromatic rings. The van der Waals surface area contributed by atoms with Gasteiger partial charge in [0.15, 0.2) is 5.96 Å². The summed E-state index contributed by atoms with van der Waals surface area (Å²) in [4.78, 5) is 15.3. The van der Waals surface area contributed by atoms with Crippen LogP contribution in [0.4, 0.5) is 0 Å². The van der Waals surface area contributed by atoms with Gasteiger partial charge < -0.3 is 19.8 Å². The minimum atomic E-state index is -0.157. The Morgan fingerprint density at radius 1 is 1.40 bits per heavy atom. The molecule has 0 aliphatic carbocycles. The number of nitrogens with zero attached hydrogens (tertiary/aromatic N) is 1. The molecule has 0 aromatic carbocycles. The van der Waals surface area contributed by atoms with Gasteiger partial charge in [-0.15, -0.1) is 0 Å². The Bertz CT molecular complexity index is 402. The number of hydrogen-bond donors (Lipinski definition) is 2. The van der Waals surface area contributed by atoms with Gasteiger partial charge in [0.1, 0.15) is 5.76 Å². The first-order chi connectivity index (χ1) is 9.76. The lowest BCUT2D eigenvalue weighted by atomic mass is 10.3. The lowest BCUT2D eigenvalue weighted by molar-refractivity contribution is -0.143. The van der Waals surface area contributed by atoms with Gasteiger partial charge in [0, 0.05) is 33.0 Å². The number of ether oxygens (including phenoxy) is 1. The summed E-state index contributed by atoms with van der Waals surface area (Å²) in [6.45, 7) is 3.66. The fourth-order valence-electron chi connectivity index (χ4n) is 1.65. The first kappa shape index (κ1) is 16.1. The van der Waals surface area contributed by atoms with Crippen LogP contribution in [0.5, 0.6) is 0 Å². The number of nitrogens with one attached hydrogen (secondary N) is 2. The molecule has 1 aromatic heterocycles. The maximum Gasteiger partial charge on any atom is 0.305 e. The zero-order chi connectivity index (χ0) is 14.6. The lowest BCUT2D eigenvalue weighted by Gasteiger charge is -2.11. The van der Waals surface area contributed by atoms with E-state index in [1.807, 2.05) is 12.1 Å². The van der Waals surface area contributed by atoms with Gasteiger partial charge in [-0.25, -0.2) is 0 Å². The molecule has 0 aliphatic rings. The Balaban J connectivity index is 2.09. The molecule has 1 heterocycles. The normalized spacial score (nSPS) is 11.2. The second-order valence-electron chi connectivity index (χ2n) is 4.16. The highest BCUT2D eigenvalue weighted by Crippen LogP contribution is 1.99. The Morgan fingerprint density at radius 3 is 2.85 bits per heavy atom. The zero-order valence-electron chi connectivity index (χ0n) is 12.1. The van der Waals surface area contributed by atoms with E-state index in [1.165, 1.54) is 0 Å². The summed E-state index contributed by atoms with van der Waals surface area (Å²) >= 11 is 0. The Hall–Kier alpha value is -1.98. The molecule has 1 rings (SSSR count). The minimum absolute atomic E-state index is 0.157. The molecular formula is C14H23N3O3. The third kappa shape index (κ3) is 6.82. The van der Waals surface area contributed by atoms with Crippen molar-refractivity contribution in [1.29, 1.82) is 0 Å². The van der Waals surface area contributed by atoms with Gasteiger partial charge in [-0.1, -0.05) is 0 Å². The van der Waals surface area contributed by atoms with Crippen molar-refractivity contribution in [3.63, 3.8) is 0 Å². The summed E-state index contributed by atoms with van der Waals surface area (Å²) in [5, 5.41) is 6.33. The number of guanidine groups is 1. The van der Waals surface area contributed by atoms with E-state index in [1.54, 1.807) is 20.2 Å². The first-order valence-corrected chi connectivity index (χ1v) is 6.88. The highest BCUT2D eigenvalue weighted by Gasteiger charge is 2.02. The van der Waals surface area contributed by atoms with Gasteiger partial charge in [-0.3, -0.25) is 9.79 Å². The number of furan rings is 1. The Labute approximate surface area is 119 Å². The molecule has 0 fully saturated rings. The maximum atomic E-state index is 11.2. The summed E-state index contributed by atoms with van der Waals surface area (Å²) in [6.07, 6.45) is 3.61. The summed E-state index contributed by atoms with van der Waals surface area (Å²) in [7, 11) is 1.72. The first-order valence-electron chi connectivity index (χ1n) is 6.88. The monoisotopic (exact) mass is 281 g/mol. The van der Waals surface area contributed by atoms with Crippen molar-refractivity contribution in [2.24, 2.45) is 4.99 Å². The average molecular weight is 281 g/mol. The second-order valence-corrected chi connectivity index (χ2v) is 4.16. The van der Waals surface area contributed by atoms with Crippen molar-refractivity contribution in [1.82, 2.24) is 10.6 Å². The van der Waals surface area contributed by atoms with Crippen LogP contribution in [0.3, 0.4) is 0 Å². The standard InChI is InChI=1S/C14H23N3O3/c1-3-19-13(18)7-4-9-16-14(15-2)17-10-8-12-6-5-11-20-12/h5-6,11H,3-4,7-10H2,1-2H3,(H2,15,16,17). The van der Waals surface area contributed by atoms with Gasteiger partial charge in [0.25, 0.3) is 0 Å². The van der Waals surface area contributed by atoms with E-state index in [-0.39, 0.29) is 5.97 Å². The Kier molecular flexibility index (Phi) is 7.95. The number of carbonyl (C=O) groups excluding carboxylic acids is 1. The number of esters is 1. The summed E-state index contributed by atoms with van der Waals surface area (Å²) < 4.78 is 10.1. The van der Waals surface area contributed by atoms with Crippen molar-refractivity contribution in [3.05, 3.63) is 24.2 Å². The van der Waals surface area contributed by atoms with E-state index < -0.39 is 0 Å². The molecule has 20 heavy (non-hydrogen) atoms. The van der Waals surface area contributed by atoms with Crippen LogP contribution in [0.2, 0.25) is 0 Å². The average Bonchev–Trinajstić information content (AvgIpc) is 2.95. The molecule has 0 bridgehead atoms. The van der Waals surface area contributed by atoms with Crippen LogP contribution in [0.25, 0.3) is 0 Å². The van der Waals surface area contributed by atoms with Crippen molar-refractivity contribution in [2.75, 3.05) is 26.7 Å². The number of aliphatic imine (C=N–C) groups is 1. The predicted octanol–water partition coefficient (Wildman–Crippen LogP) is 1.33. The summed E-state index contributed by atoms with van der Waals surface area (Å²) in [6, 6.07) is 3.81. The molecule has 0 unspecified atom stereocenters. The van der Waals surface area contributed by atoms with Gasteiger partial charge in [-0.05, 0) is 25.5 Å². The van der Waals surface area contributed by atoms with E-state index in [2.05, 4.69) is 15.6 Å². The van der Waals surface area contributed by atoms with Gasteiger partial charge >= 0.3 is 5.97 Å². The number of hydrogen-bond acceptors (Lipinski definition) is 4. The topological polar surface area (TPSA) is 75.9 Å². The molecule has 6 nitrogen and oxygen atoms in total. The van der Waals surface area contributed by atoms with E-state index in [0.29, 0.717) is 19.6 Å². The molecule has 0 radical (unpaired) electrons. The summed E-state index contributed by atoms with van der Waals surface area (Å²) in [5.41, 5.74) is 0. The van der Waals surface area contributed by atoms with Crippen LogP contribution in [0.15, 0.2) is 27.8 Å². The number of carbonyl (C=O) groups is 1.